The van der Waals surface area contributed by atoms with Crippen molar-refractivity contribution < 1.29 is 160 Å². The molecule has 8 amide bonds. The number of nitrogens with one attached hydrogen (secondary N) is 8. The lowest BCUT2D eigenvalue weighted by Gasteiger charge is -2.33. The summed E-state index contributed by atoms with van der Waals surface area (Å²) < 4.78 is 0. The Morgan fingerprint density at radius 1 is 0.358 bits per heavy atom. The predicted molar refractivity (Wildman–Crippen MR) is 367 cm³/mol. The number of hydrogen-bond acceptors (Lipinski definition) is 32. The Balaban J connectivity index is 3.39. The van der Waals surface area contributed by atoms with E-state index in [-0.39, 0.29) is 89.2 Å². The number of rotatable bonds is 59. The van der Waals surface area contributed by atoms with Gasteiger partial charge in [0.2, 0.25) is 47.3 Å². The number of carbonyl (C=O) groups excluding carboxylic acids is 8. The number of carboxylic acid groups (broad SMARTS) is 2. The molecule has 0 fully saturated rings. The lowest BCUT2D eigenvalue weighted by molar-refractivity contribution is -0.142. The first-order valence-corrected chi connectivity index (χ1v) is 35.2. The van der Waals surface area contributed by atoms with Gasteiger partial charge in [0.15, 0.2) is 0 Å². The van der Waals surface area contributed by atoms with Crippen molar-refractivity contribution in [2.75, 3.05) is 97.2 Å². The molecular weight excluding hydrogens is 1490 g/mol. The Morgan fingerprint density at radius 2 is 0.708 bits per heavy atom. The second-order valence-corrected chi connectivity index (χ2v) is 25.8. The van der Waals surface area contributed by atoms with Crippen molar-refractivity contribution in [1.82, 2.24) is 52.3 Å². The molecule has 0 aromatic heterocycles. The van der Waals surface area contributed by atoms with Crippen LogP contribution in [0.3, 0.4) is 0 Å². The summed E-state index contributed by atoms with van der Waals surface area (Å²) in [5, 5.41) is 241. The normalized spacial score (nSPS) is 17.4. The number of carboxylic acids is 2. The summed E-state index contributed by atoms with van der Waals surface area (Å²) in [5.41, 5.74) is 0.625. The minimum Gasteiger partial charge on any atom is -0.480 e. The number of aliphatic hydroxyl groups excluding tert-OH is 20. The Morgan fingerprint density at radius 3 is 1.10 bits per heavy atom. The monoisotopic (exact) mass is 1600 g/mol. The van der Waals surface area contributed by atoms with E-state index in [2.05, 4.69) is 58.5 Å². The first-order chi connectivity index (χ1) is 50.0. The zero-order valence-electron chi connectivity index (χ0n) is 58.2. The van der Waals surface area contributed by atoms with E-state index in [1.54, 1.807) is 30.3 Å². The van der Waals surface area contributed by atoms with Gasteiger partial charge < -0.3 is 155 Å². The van der Waals surface area contributed by atoms with Crippen LogP contribution in [0.15, 0.2) is 30.3 Å². The summed E-state index contributed by atoms with van der Waals surface area (Å²) in [5.74, 6) is -9.71. The second kappa shape index (κ2) is 53.4. The molecule has 106 heavy (non-hydrogen) atoms. The largest absolute Gasteiger partial charge is 0.480 e. The van der Waals surface area contributed by atoms with Crippen molar-refractivity contribution in [2.24, 2.45) is 0 Å². The van der Waals surface area contributed by atoms with Gasteiger partial charge in [-0.05, 0) is 76.4 Å². The van der Waals surface area contributed by atoms with Crippen LogP contribution in [0, 0.1) is 0 Å². The molecule has 0 saturated heterocycles. The molecule has 1 aromatic carbocycles. The van der Waals surface area contributed by atoms with Crippen LogP contribution in [0.4, 0.5) is 0 Å². The van der Waals surface area contributed by atoms with Crippen LogP contribution in [-0.2, 0) is 54.4 Å². The molecule has 30 N–H and O–H groups in total. The molecule has 0 bridgehead atoms. The van der Waals surface area contributed by atoms with Crippen LogP contribution in [0.2, 0.25) is 0 Å². The number of amides is 8. The van der Waals surface area contributed by atoms with E-state index >= 15 is 0 Å². The fourth-order valence-electron chi connectivity index (χ4n) is 10.3. The van der Waals surface area contributed by atoms with Crippen LogP contribution in [0.25, 0.3) is 0 Å². The Bertz CT molecular complexity index is 2710. The van der Waals surface area contributed by atoms with Gasteiger partial charge in [-0.3, -0.25) is 53.0 Å². The lowest BCUT2D eigenvalue weighted by Crippen LogP contribution is -2.56. The number of unbranched alkanes of at least 4 members (excludes halogenated alkanes) is 3. The molecule has 0 radical (unpaired) electrons. The maximum atomic E-state index is 14.3. The highest BCUT2D eigenvalue weighted by molar-refractivity contribution is 9.09. The van der Waals surface area contributed by atoms with Crippen LogP contribution < -0.4 is 42.5 Å². The molecule has 43 heteroatoms. The van der Waals surface area contributed by atoms with Crippen molar-refractivity contribution in [3.05, 3.63) is 35.9 Å². The van der Waals surface area contributed by atoms with Gasteiger partial charge in [0.1, 0.15) is 104 Å². The third-order valence-electron chi connectivity index (χ3n) is 16.6. The zero-order chi connectivity index (χ0) is 80.3. The smallest absolute Gasteiger partial charge is 0.326 e. The van der Waals surface area contributed by atoms with Gasteiger partial charge in [0, 0.05) is 52.0 Å². The van der Waals surface area contributed by atoms with E-state index in [0.717, 1.165) is 4.90 Å². The number of hydrogen-bond donors (Lipinski definition) is 30. The molecule has 0 aliphatic rings. The van der Waals surface area contributed by atoms with Gasteiger partial charge in [-0.15, -0.1) is 0 Å². The number of halogens is 1. The Hall–Kier alpha value is -6.48. The summed E-state index contributed by atoms with van der Waals surface area (Å²) >= 11 is 2.99. The summed E-state index contributed by atoms with van der Waals surface area (Å²) in [6, 6.07) is 2.35. The molecule has 0 spiro atoms. The molecule has 0 aliphatic carbocycles. The summed E-state index contributed by atoms with van der Waals surface area (Å²) in [6.07, 6.45) is -34.3. The lowest BCUT2D eigenvalue weighted by atomic mass is 10.0. The number of nitrogens with zero attached hydrogens (tertiary/aromatic N) is 2. The fraction of sp³-hybridized carbons (Fsp3) is 0.746. The summed E-state index contributed by atoms with van der Waals surface area (Å²) in [7, 11) is 0. The van der Waals surface area contributed by atoms with Crippen molar-refractivity contribution in [1.29, 1.82) is 0 Å². The number of aliphatic hydroxyl groups is 20. The average molecular weight is 1600 g/mol. The minimum absolute atomic E-state index is 0.0140. The van der Waals surface area contributed by atoms with Gasteiger partial charge in [-0.2, -0.15) is 0 Å². The maximum Gasteiger partial charge on any atom is 0.326 e. The molecule has 1 unspecified atom stereocenters. The van der Waals surface area contributed by atoms with Crippen LogP contribution in [0.5, 0.6) is 0 Å². The molecule has 0 aliphatic heterocycles. The Labute approximate surface area is 617 Å². The van der Waals surface area contributed by atoms with E-state index < -0.39 is 266 Å². The molecule has 20 atom stereocenters. The zero-order valence-corrected chi connectivity index (χ0v) is 59.8. The van der Waals surface area contributed by atoms with E-state index in [4.69, 9.17) is 5.11 Å². The Kier molecular flexibility index (Phi) is 49.1. The number of aliphatic carboxylic acids is 2. The van der Waals surface area contributed by atoms with E-state index in [1.165, 1.54) is 4.90 Å². The molecular formula is C63H109BrN10O32. The second-order valence-electron chi connectivity index (χ2n) is 25.2. The summed E-state index contributed by atoms with van der Waals surface area (Å²) in [6.45, 7) is -9.31. The van der Waals surface area contributed by atoms with Crippen LogP contribution >= 0.6 is 15.9 Å². The third kappa shape index (κ3) is 38.5. The van der Waals surface area contributed by atoms with Gasteiger partial charge in [0.25, 0.3) is 0 Å². The van der Waals surface area contributed by atoms with E-state index in [9.17, 15) is 155 Å². The van der Waals surface area contributed by atoms with Crippen molar-refractivity contribution in [3.8, 4) is 0 Å². The quantitative estimate of drug-likeness (QED) is 0.0213. The standard InChI is InChI=1S/C63H109BrN10O32/c64-21-48(89)69-34(13-5-8-18-73(25-38(79)52(94)56(98)42(83)29-75)26-39(80)53(95)57(99)43(84)30-76)61(103)71-35(62(104)72-36(63(105)106)14-6-9-19-74(27-40(81)54(96)58(100)44(85)31-77)28-41(82)55(97)59(101)45(86)32-78)12-4-7-17-65-46(87)15-16-47(88)66-22-49(90)67-23-50(91)70-37(60(102)68-24-51(92)93)20-33-10-2-1-3-11-33/h1-3,10-11,34-45,52-59,75-86,94-101H,4-9,12-32H2,(H,65,87)(H,66,88)(H,67,90)(H,68,102)(H,69,89)(H,70,91)(H,71,103)(H,72,104)(H,92,93)(H,105,106)/t34-,35?,36-,37-,38-,39-,40-,41-,42+,43+,44+,45+,52+,53+,54+,55+,56+,57+,58+,59+/m0/s1. The first kappa shape index (κ1) is 97.5. The highest BCUT2D eigenvalue weighted by Gasteiger charge is 2.38. The SMILES string of the molecule is O=C(O)CNC(=O)[C@H](Cc1ccccc1)NC(=O)CNC(=O)CNC(=O)CCC(=O)NCCCCC(NC(=O)[C@H](CCCCN(C[C@H](O)[C@@H](O)[C@H](O)[C@H](O)CO)C[C@H](O)[C@@H](O)[C@H](O)[C@H](O)CO)NC(=O)CBr)C(=O)N[C@@H](CCCCN(C[C@H](O)[C@@H](O)[C@H](O)[C@H](O)CO)C[C@H](O)[C@@H](O)[C@H](O)[C@H](O)CO)C(=O)O. The molecule has 0 heterocycles. The maximum absolute atomic E-state index is 14.3. The average Bonchev–Trinajstić information content (AvgIpc) is 0.879. The van der Waals surface area contributed by atoms with Gasteiger partial charge in [-0.1, -0.05) is 46.3 Å². The molecule has 0 saturated carbocycles. The molecule has 1 aromatic rings. The van der Waals surface area contributed by atoms with Crippen molar-refractivity contribution in [3.63, 3.8) is 0 Å². The molecule has 610 valence electrons. The highest BCUT2D eigenvalue weighted by atomic mass is 79.9. The fourth-order valence-corrected chi connectivity index (χ4v) is 10.5. The van der Waals surface area contributed by atoms with Crippen molar-refractivity contribution >= 4 is 75.1 Å². The van der Waals surface area contributed by atoms with Crippen LogP contribution in [0.1, 0.15) is 76.2 Å². The number of carbonyl (C=O) groups is 10. The minimum atomic E-state index is -2.12. The topological polar surface area (TPSA) is 718 Å². The van der Waals surface area contributed by atoms with Crippen molar-refractivity contribution in [2.45, 2.75) is 199 Å². The van der Waals surface area contributed by atoms with Gasteiger partial charge in [0.05, 0.1) is 69.3 Å². The first-order valence-electron chi connectivity index (χ1n) is 34.1. The van der Waals surface area contributed by atoms with E-state index in [0.29, 0.717) is 5.56 Å². The van der Waals surface area contributed by atoms with Gasteiger partial charge in [-0.25, -0.2) is 4.79 Å². The molecule has 1 rings (SSSR count). The molecule has 42 nitrogen and oxygen atoms in total. The number of benzene rings is 1. The number of alkyl halides is 1. The highest BCUT2D eigenvalue weighted by Crippen LogP contribution is 2.17. The van der Waals surface area contributed by atoms with Gasteiger partial charge >= 0.3 is 11.9 Å². The van der Waals surface area contributed by atoms with Crippen LogP contribution in [-0.4, -0.2) is 400 Å². The van der Waals surface area contributed by atoms with E-state index in [1.807, 2.05) is 0 Å². The third-order valence-corrected chi connectivity index (χ3v) is 17.1. The predicted octanol–water partition coefficient (Wildman–Crippen LogP) is -14.2. The summed E-state index contributed by atoms with van der Waals surface area (Å²) in [4.78, 5) is 131.